The zero-order chi connectivity index (χ0) is 22.6. The second-order valence-electron chi connectivity index (χ2n) is 8.65. The number of hydrogen-bond acceptors (Lipinski definition) is 5. The standard InChI is InChI=1S/C26H27F2N5/c27-19-1-3-21-23(7-11-32-25(21)13-19)30-9-5-17-15-29-16-18(17)6-10-31-24-8-12-33-26-14-20(28)2-4-22(24)26/h1-4,7-8,11-14,17-18,29H,5-6,9-10,15-16H2,(H,30,32)(H,31,33)/t17-,18+. The van der Waals surface area contributed by atoms with Gasteiger partial charge in [0.1, 0.15) is 11.6 Å². The van der Waals surface area contributed by atoms with Gasteiger partial charge in [-0.05, 0) is 74.2 Å². The van der Waals surface area contributed by atoms with Gasteiger partial charge in [-0.25, -0.2) is 8.78 Å². The molecule has 4 aromatic rings. The predicted octanol–water partition coefficient (Wildman–Crippen LogP) is 5.20. The molecule has 0 bridgehead atoms. The van der Waals surface area contributed by atoms with Crippen LogP contribution in [0.5, 0.6) is 0 Å². The van der Waals surface area contributed by atoms with E-state index >= 15 is 0 Å². The Balaban J connectivity index is 1.15. The summed E-state index contributed by atoms with van der Waals surface area (Å²) in [6, 6.07) is 13.3. The predicted molar refractivity (Wildman–Crippen MR) is 129 cm³/mol. The maximum atomic E-state index is 13.5. The molecule has 170 valence electrons. The van der Waals surface area contributed by atoms with Crippen molar-refractivity contribution in [3.05, 3.63) is 72.6 Å². The van der Waals surface area contributed by atoms with Crippen molar-refractivity contribution in [2.75, 3.05) is 36.8 Å². The highest BCUT2D eigenvalue weighted by Gasteiger charge is 2.26. The Kier molecular flexibility index (Phi) is 6.30. The number of pyridine rings is 2. The van der Waals surface area contributed by atoms with E-state index in [4.69, 9.17) is 0 Å². The zero-order valence-electron chi connectivity index (χ0n) is 18.3. The molecule has 3 N–H and O–H groups in total. The zero-order valence-corrected chi connectivity index (χ0v) is 18.3. The molecule has 0 amide bonds. The molecule has 2 atom stereocenters. The maximum Gasteiger partial charge on any atom is 0.125 e. The fourth-order valence-electron chi connectivity index (χ4n) is 4.80. The van der Waals surface area contributed by atoms with Crippen LogP contribution in [0.1, 0.15) is 12.8 Å². The van der Waals surface area contributed by atoms with E-state index in [1.54, 1.807) is 24.5 Å². The number of nitrogens with one attached hydrogen (secondary N) is 3. The van der Waals surface area contributed by atoms with E-state index in [9.17, 15) is 8.78 Å². The fourth-order valence-corrected chi connectivity index (χ4v) is 4.80. The molecule has 33 heavy (non-hydrogen) atoms. The summed E-state index contributed by atoms with van der Waals surface area (Å²) >= 11 is 0. The number of rotatable bonds is 8. The van der Waals surface area contributed by atoms with E-state index in [1.165, 1.54) is 24.3 Å². The molecule has 5 rings (SSSR count). The summed E-state index contributed by atoms with van der Waals surface area (Å²) in [6.45, 7) is 3.75. The Hall–Kier alpha value is -3.32. The van der Waals surface area contributed by atoms with E-state index in [1.807, 2.05) is 12.1 Å². The van der Waals surface area contributed by atoms with Crippen LogP contribution in [0, 0.1) is 23.5 Å². The van der Waals surface area contributed by atoms with Crippen molar-refractivity contribution in [1.82, 2.24) is 15.3 Å². The summed E-state index contributed by atoms with van der Waals surface area (Å²) in [6.07, 6.45) is 5.54. The topological polar surface area (TPSA) is 61.9 Å². The van der Waals surface area contributed by atoms with E-state index in [0.29, 0.717) is 22.9 Å². The van der Waals surface area contributed by atoms with Gasteiger partial charge in [-0.15, -0.1) is 0 Å². The minimum absolute atomic E-state index is 0.271. The third-order valence-electron chi connectivity index (χ3n) is 6.55. The van der Waals surface area contributed by atoms with Crippen LogP contribution in [0.2, 0.25) is 0 Å². The summed E-state index contributed by atoms with van der Waals surface area (Å²) in [5.41, 5.74) is 3.31. The number of nitrogens with zero attached hydrogens (tertiary/aromatic N) is 2. The van der Waals surface area contributed by atoms with Crippen LogP contribution in [0.3, 0.4) is 0 Å². The molecule has 0 saturated carbocycles. The lowest BCUT2D eigenvalue weighted by Crippen LogP contribution is -2.19. The summed E-state index contributed by atoms with van der Waals surface area (Å²) in [7, 11) is 0. The number of benzene rings is 2. The summed E-state index contributed by atoms with van der Waals surface area (Å²) in [4.78, 5) is 8.53. The first-order chi connectivity index (χ1) is 16.2. The molecule has 1 aliphatic heterocycles. The van der Waals surface area contributed by atoms with Crippen molar-refractivity contribution in [2.24, 2.45) is 11.8 Å². The van der Waals surface area contributed by atoms with E-state index < -0.39 is 0 Å². The van der Waals surface area contributed by atoms with E-state index in [-0.39, 0.29) is 11.6 Å². The lowest BCUT2D eigenvalue weighted by atomic mass is 9.90. The summed E-state index contributed by atoms with van der Waals surface area (Å²) in [5, 5.41) is 12.4. The molecule has 0 spiro atoms. The largest absolute Gasteiger partial charge is 0.384 e. The SMILES string of the molecule is Fc1ccc2c(NCC[C@@H]3CNC[C@@H]3CCNc3ccnc4cc(F)ccc34)ccnc2c1. The van der Waals surface area contributed by atoms with Crippen molar-refractivity contribution in [3.8, 4) is 0 Å². The van der Waals surface area contributed by atoms with E-state index in [0.717, 1.165) is 61.2 Å². The van der Waals surface area contributed by atoms with Crippen molar-refractivity contribution in [2.45, 2.75) is 12.8 Å². The molecule has 2 aromatic carbocycles. The van der Waals surface area contributed by atoms with Crippen LogP contribution in [-0.4, -0.2) is 36.1 Å². The molecular formula is C26H27F2N5. The second kappa shape index (κ2) is 9.67. The van der Waals surface area contributed by atoms with Crippen LogP contribution in [0.25, 0.3) is 21.8 Å². The Morgan fingerprint density at radius 2 is 1.21 bits per heavy atom. The van der Waals surface area contributed by atoms with Crippen molar-refractivity contribution in [3.63, 3.8) is 0 Å². The number of anilines is 2. The smallest absolute Gasteiger partial charge is 0.125 e. The highest BCUT2D eigenvalue weighted by atomic mass is 19.1. The molecule has 5 nitrogen and oxygen atoms in total. The minimum Gasteiger partial charge on any atom is -0.384 e. The maximum absolute atomic E-state index is 13.5. The van der Waals surface area contributed by atoms with Crippen LogP contribution in [0.15, 0.2) is 60.9 Å². The van der Waals surface area contributed by atoms with Gasteiger partial charge < -0.3 is 16.0 Å². The third kappa shape index (κ3) is 4.88. The molecule has 0 radical (unpaired) electrons. The third-order valence-corrected chi connectivity index (χ3v) is 6.55. The first-order valence-corrected chi connectivity index (χ1v) is 11.4. The highest BCUT2D eigenvalue weighted by Crippen LogP contribution is 2.27. The quantitative estimate of drug-likeness (QED) is 0.347. The Bertz CT molecular complexity index is 1160. The lowest BCUT2D eigenvalue weighted by molar-refractivity contribution is 0.387. The molecule has 0 unspecified atom stereocenters. The van der Waals surface area contributed by atoms with Gasteiger partial charge in [0, 0.05) is 59.8 Å². The average Bonchev–Trinajstić information content (AvgIpc) is 3.26. The normalized spacial score (nSPS) is 18.1. The Morgan fingerprint density at radius 3 is 1.70 bits per heavy atom. The van der Waals surface area contributed by atoms with Gasteiger partial charge in [0.25, 0.3) is 0 Å². The molecular weight excluding hydrogens is 420 g/mol. The van der Waals surface area contributed by atoms with Crippen LogP contribution >= 0.6 is 0 Å². The first-order valence-electron chi connectivity index (χ1n) is 11.4. The van der Waals surface area contributed by atoms with Gasteiger partial charge >= 0.3 is 0 Å². The molecule has 2 aromatic heterocycles. The summed E-state index contributed by atoms with van der Waals surface area (Å²) < 4.78 is 27.0. The number of hydrogen-bond donors (Lipinski definition) is 3. The average molecular weight is 448 g/mol. The number of aromatic nitrogens is 2. The monoisotopic (exact) mass is 447 g/mol. The van der Waals surface area contributed by atoms with Gasteiger partial charge in [-0.2, -0.15) is 0 Å². The fraction of sp³-hybridized carbons (Fsp3) is 0.308. The molecule has 1 saturated heterocycles. The Morgan fingerprint density at radius 1 is 0.727 bits per heavy atom. The minimum atomic E-state index is -0.271. The molecule has 3 heterocycles. The number of fused-ring (bicyclic) bond motifs is 2. The molecule has 0 aliphatic carbocycles. The molecule has 7 heteroatoms. The van der Waals surface area contributed by atoms with E-state index in [2.05, 4.69) is 25.9 Å². The highest BCUT2D eigenvalue weighted by molar-refractivity contribution is 5.91. The van der Waals surface area contributed by atoms with Gasteiger partial charge in [0.05, 0.1) is 11.0 Å². The second-order valence-corrected chi connectivity index (χ2v) is 8.65. The first kappa shape index (κ1) is 21.5. The van der Waals surface area contributed by atoms with Gasteiger partial charge in [-0.1, -0.05) is 0 Å². The van der Waals surface area contributed by atoms with Crippen molar-refractivity contribution in [1.29, 1.82) is 0 Å². The van der Waals surface area contributed by atoms with Crippen molar-refractivity contribution < 1.29 is 8.78 Å². The lowest BCUT2D eigenvalue weighted by Gasteiger charge is -2.20. The Labute approximate surface area is 191 Å². The summed E-state index contributed by atoms with van der Waals surface area (Å²) in [5.74, 6) is 0.640. The van der Waals surface area contributed by atoms with Crippen LogP contribution in [0.4, 0.5) is 20.2 Å². The van der Waals surface area contributed by atoms with Gasteiger partial charge in [-0.3, -0.25) is 9.97 Å². The van der Waals surface area contributed by atoms with Gasteiger partial charge in [0.2, 0.25) is 0 Å². The molecule has 1 fully saturated rings. The van der Waals surface area contributed by atoms with Gasteiger partial charge in [0.15, 0.2) is 0 Å². The number of halogens is 2. The molecule has 1 aliphatic rings. The van der Waals surface area contributed by atoms with Crippen LogP contribution < -0.4 is 16.0 Å². The van der Waals surface area contributed by atoms with Crippen molar-refractivity contribution >= 4 is 33.2 Å². The van der Waals surface area contributed by atoms with Crippen LogP contribution in [-0.2, 0) is 0 Å².